The molecule has 6 nitrogen and oxygen atoms in total. The molecule has 108 valence electrons. The highest BCUT2D eigenvalue weighted by Crippen LogP contribution is 2.13. The summed E-state index contributed by atoms with van der Waals surface area (Å²) in [5, 5.41) is 7.39. The van der Waals surface area contributed by atoms with Gasteiger partial charge in [-0.15, -0.1) is 0 Å². The van der Waals surface area contributed by atoms with Gasteiger partial charge in [-0.1, -0.05) is 18.3 Å². The van der Waals surface area contributed by atoms with Crippen molar-refractivity contribution >= 4 is 16.3 Å². The van der Waals surface area contributed by atoms with Crippen LogP contribution in [0.25, 0.3) is 4.96 Å². The smallest absolute Gasteiger partial charge is 0.275 e. The van der Waals surface area contributed by atoms with E-state index in [0.29, 0.717) is 11.0 Å². The maximum Gasteiger partial charge on any atom is 0.275 e. The fourth-order valence-corrected chi connectivity index (χ4v) is 3.36. The van der Waals surface area contributed by atoms with Gasteiger partial charge >= 0.3 is 0 Å². The second-order valence-corrected chi connectivity index (χ2v) is 5.95. The van der Waals surface area contributed by atoms with Gasteiger partial charge in [0.1, 0.15) is 5.51 Å². The summed E-state index contributed by atoms with van der Waals surface area (Å²) in [6, 6.07) is 2.16. The molecule has 20 heavy (non-hydrogen) atoms. The summed E-state index contributed by atoms with van der Waals surface area (Å²) >= 11 is 1.40. The lowest BCUT2D eigenvalue weighted by atomic mass is 10.2. The molecule has 0 aromatic carbocycles. The first-order valence-corrected chi connectivity index (χ1v) is 7.93. The molecule has 2 aromatic heterocycles. The molecule has 1 aliphatic heterocycles. The van der Waals surface area contributed by atoms with E-state index >= 15 is 0 Å². The molecule has 0 radical (unpaired) electrons. The maximum atomic E-state index is 12.0. The Balaban J connectivity index is 1.83. The van der Waals surface area contributed by atoms with Crippen molar-refractivity contribution in [3.8, 4) is 0 Å². The SMILES string of the molecule is CCCN(Cc1cc(=O)n2ncsc2n1)C1CCNC1. The summed E-state index contributed by atoms with van der Waals surface area (Å²) in [5.41, 5.74) is 2.41. The number of hydrogen-bond donors (Lipinski definition) is 1. The van der Waals surface area contributed by atoms with Gasteiger partial charge in [0.05, 0.1) is 5.69 Å². The molecule has 1 aliphatic rings. The fraction of sp³-hybridized carbons (Fsp3) is 0.615. The second kappa shape index (κ2) is 5.99. The summed E-state index contributed by atoms with van der Waals surface area (Å²) < 4.78 is 1.36. The summed E-state index contributed by atoms with van der Waals surface area (Å²) in [5.74, 6) is 0. The molecule has 0 spiro atoms. The Labute approximate surface area is 121 Å². The first kappa shape index (κ1) is 13.7. The zero-order valence-electron chi connectivity index (χ0n) is 11.6. The van der Waals surface area contributed by atoms with Crippen molar-refractivity contribution in [3.05, 3.63) is 27.6 Å². The van der Waals surface area contributed by atoms with E-state index < -0.39 is 0 Å². The monoisotopic (exact) mass is 293 g/mol. The first-order valence-electron chi connectivity index (χ1n) is 7.05. The Morgan fingerprint density at radius 3 is 3.25 bits per heavy atom. The van der Waals surface area contributed by atoms with E-state index in [2.05, 4.69) is 27.2 Å². The molecule has 3 heterocycles. The van der Waals surface area contributed by atoms with E-state index in [0.717, 1.165) is 38.3 Å². The molecule has 1 saturated heterocycles. The van der Waals surface area contributed by atoms with E-state index in [4.69, 9.17) is 0 Å². The number of nitrogens with zero attached hydrogens (tertiary/aromatic N) is 4. The van der Waals surface area contributed by atoms with Crippen LogP contribution in [-0.2, 0) is 6.54 Å². The van der Waals surface area contributed by atoms with Crippen LogP contribution in [0.4, 0.5) is 0 Å². The molecule has 0 amide bonds. The molecule has 3 rings (SSSR count). The molecule has 1 fully saturated rings. The van der Waals surface area contributed by atoms with Crippen molar-refractivity contribution in [1.29, 1.82) is 0 Å². The Morgan fingerprint density at radius 1 is 1.60 bits per heavy atom. The van der Waals surface area contributed by atoms with Crippen molar-refractivity contribution in [1.82, 2.24) is 24.8 Å². The summed E-state index contributed by atoms with van der Waals surface area (Å²) in [6.45, 7) is 6.07. The van der Waals surface area contributed by atoms with Gasteiger partial charge < -0.3 is 5.32 Å². The Hall–Kier alpha value is -1.31. The number of fused-ring (bicyclic) bond motifs is 1. The highest BCUT2D eigenvalue weighted by atomic mass is 32.1. The Bertz CT molecular complexity index is 631. The van der Waals surface area contributed by atoms with Crippen LogP contribution in [0.15, 0.2) is 16.4 Å². The van der Waals surface area contributed by atoms with Crippen LogP contribution >= 0.6 is 11.3 Å². The average molecular weight is 293 g/mol. The number of nitrogens with one attached hydrogen (secondary N) is 1. The third-order valence-electron chi connectivity index (χ3n) is 3.67. The summed E-state index contributed by atoms with van der Waals surface area (Å²) in [4.78, 5) is 19.6. The van der Waals surface area contributed by atoms with Crippen LogP contribution in [0, 0.1) is 0 Å². The highest BCUT2D eigenvalue weighted by molar-refractivity contribution is 7.14. The minimum Gasteiger partial charge on any atom is -0.315 e. The van der Waals surface area contributed by atoms with Gasteiger partial charge in [0.15, 0.2) is 0 Å². The van der Waals surface area contributed by atoms with Crippen LogP contribution in [-0.4, -0.2) is 45.2 Å². The average Bonchev–Trinajstić information content (AvgIpc) is 3.09. The van der Waals surface area contributed by atoms with Gasteiger partial charge in [-0.3, -0.25) is 9.69 Å². The lowest BCUT2D eigenvalue weighted by Crippen LogP contribution is -2.37. The zero-order chi connectivity index (χ0) is 13.9. The highest BCUT2D eigenvalue weighted by Gasteiger charge is 2.22. The number of hydrogen-bond acceptors (Lipinski definition) is 6. The van der Waals surface area contributed by atoms with E-state index in [9.17, 15) is 4.79 Å². The van der Waals surface area contributed by atoms with E-state index in [1.807, 2.05) is 0 Å². The minimum atomic E-state index is -0.0905. The first-order chi connectivity index (χ1) is 9.78. The third-order valence-corrected chi connectivity index (χ3v) is 4.34. The zero-order valence-corrected chi connectivity index (χ0v) is 12.4. The van der Waals surface area contributed by atoms with Crippen LogP contribution in [0.1, 0.15) is 25.5 Å². The van der Waals surface area contributed by atoms with E-state index in [1.54, 1.807) is 11.6 Å². The predicted molar refractivity (Wildman–Crippen MR) is 79.1 cm³/mol. The Kier molecular flexibility index (Phi) is 4.09. The van der Waals surface area contributed by atoms with Gasteiger partial charge in [-0.25, -0.2) is 4.98 Å². The molecule has 2 aromatic rings. The van der Waals surface area contributed by atoms with Gasteiger partial charge in [-0.05, 0) is 25.9 Å². The standard InChI is InChI=1S/C13H19N5OS/c1-2-5-17(11-3-4-14-7-11)8-10-6-12(19)18-13(16-10)20-9-15-18/h6,9,11,14H,2-5,7-8H2,1H3. The van der Waals surface area contributed by atoms with Crippen LogP contribution in [0.3, 0.4) is 0 Å². The predicted octanol–water partition coefficient (Wildman–Crippen LogP) is 0.725. The summed E-state index contributed by atoms with van der Waals surface area (Å²) in [6.07, 6.45) is 2.28. The van der Waals surface area contributed by atoms with Crippen LogP contribution < -0.4 is 10.9 Å². The molecular formula is C13H19N5OS. The molecular weight excluding hydrogens is 274 g/mol. The van der Waals surface area contributed by atoms with Crippen molar-refractivity contribution in [3.63, 3.8) is 0 Å². The normalized spacial score (nSPS) is 19.2. The van der Waals surface area contributed by atoms with Gasteiger partial charge in [0, 0.05) is 25.2 Å². The molecule has 1 atom stereocenters. The van der Waals surface area contributed by atoms with Crippen molar-refractivity contribution in [2.24, 2.45) is 0 Å². The van der Waals surface area contributed by atoms with Gasteiger partial charge in [0.2, 0.25) is 4.96 Å². The lowest BCUT2D eigenvalue weighted by molar-refractivity contribution is 0.197. The van der Waals surface area contributed by atoms with Gasteiger partial charge in [-0.2, -0.15) is 9.61 Å². The summed E-state index contributed by atoms with van der Waals surface area (Å²) in [7, 11) is 0. The quantitative estimate of drug-likeness (QED) is 0.880. The molecule has 1 unspecified atom stereocenters. The lowest BCUT2D eigenvalue weighted by Gasteiger charge is -2.27. The van der Waals surface area contributed by atoms with Crippen LogP contribution in [0.2, 0.25) is 0 Å². The van der Waals surface area contributed by atoms with Crippen molar-refractivity contribution < 1.29 is 0 Å². The Morgan fingerprint density at radius 2 is 2.50 bits per heavy atom. The van der Waals surface area contributed by atoms with E-state index in [-0.39, 0.29) is 5.56 Å². The molecule has 1 N–H and O–H groups in total. The molecule has 7 heteroatoms. The fourth-order valence-electron chi connectivity index (χ4n) is 2.72. The maximum absolute atomic E-state index is 12.0. The molecule has 0 bridgehead atoms. The van der Waals surface area contributed by atoms with Crippen molar-refractivity contribution in [2.75, 3.05) is 19.6 Å². The van der Waals surface area contributed by atoms with Crippen molar-refractivity contribution in [2.45, 2.75) is 32.4 Å². The van der Waals surface area contributed by atoms with Gasteiger partial charge in [0.25, 0.3) is 5.56 Å². The topological polar surface area (TPSA) is 62.5 Å². The van der Waals surface area contributed by atoms with Crippen LogP contribution in [0.5, 0.6) is 0 Å². The number of rotatable bonds is 5. The minimum absolute atomic E-state index is 0.0905. The molecule has 0 saturated carbocycles. The molecule has 0 aliphatic carbocycles. The third kappa shape index (κ3) is 2.74. The number of aromatic nitrogens is 3. The largest absolute Gasteiger partial charge is 0.315 e. The van der Waals surface area contributed by atoms with E-state index in [1.165, 1.54) is 22.3 Å². The second-order valence-electron chi connectivity index (χ2n) is 5.14.